The van der Waals surface area contributed by atoms with Crippen LogP contribution >= 0.6 is 0 Å². The van der Waals surface area contributed by atoms with Crippen molar-refractivity contribution in [2.24, 2.45) is 5.10 Å². The molecule has 0 aliphatic rings. The maximum absolute atomic E-state index is 12.2. The van der Waals surface area contributed by atoms with E-state index in [1.54, 1.807) is 25.5 Å². The quantitative estimate of drug-likeness (QED) is 0.237. The van der Waals surface area contributed by atoms with Crippen molar-refractivity contribution in [3.05, 3.63) is 59.7 Å². The Morgan fingerprint density at radius 2 is 1.47 bits per heavy atom. The number of unbranched alkanes of at least 4 members (excludes halogenated alkanes) is 7. The number of carbonyl (C=O) groups is 1. The summed E-state index contributed by atoms with van der Waals surface area (Å²) in [5.41, 5.74) is 3.96. The first kappa shape index (κ1) is 23.5. The zero-order valence-electron chi connectivity index (χ0n) is 18.2. The molecule has 0 radical (unpaired) electrons. The number of rotatable bonds is 14. The summed E-state index contributed by atoms with van der Waals surface area (Å²) in [6.07, 6.45) is 11.8. The topological polar surface area (TPSA) is 59.9 Å². The molecule has 0 unspecified atom stereocenters. The second kappa shape index (κ2) is 14.2. The second-order valence-corrected chi connectivity index (χ2v) is 7.32. The molecule has 0 atom stereocenters. The number of nitrogens with zero attached hydrogens (tertiary/aromatic N) is 1. The number of hydrogen-bond acceptors (Lipinski definition) is 4. The molecule has 1 amide bonds. The monoisotopic (exact) mass is 410 g/mol. The van der Waals surface area contributed by atoms with Gasteiger partial charge in [0.2, 0.25) is 0 Å². The molecule has 2 rings (SSSR count). The SMILES string of the molecule is CCCCCCCCCCOc1ccc(C(=O)N/N=C/c2ccc(OC)cc2)cc1. The minimum atomic E-state index is -0.255. The smallest absolute Gasteiger partial charge is 0.271 e. The van der Waals surface area contributed by atoms with Gasteiger partial charge < -0.3 is 9.47 Å². The van der Waals surface area contributed by atoms with Crippen molar-refractivity contribution in [3.8, 4) is 11.5 Å². The number of ether oxygens (including phenoxy) is 2. The van der Waals surface area contributed by atoms with E-state index >= 15 is 0 Å². The predicted octanol–water partition coefficient (Wildman–Crippen LogP) is 5.98. The van der Waals surface area contributed by atoms with Gasteiger partial charge in [-0.05, 0) is 60.5 Å². The van der Waals surface area contributed by atoms with E-state index in [1.807, 2.05) is 36.4 Å². The highest BCUT2D eigenvalue weighted by atomic mass is 16.5. The molecule has 5 heteroatoms. The predicted molar refractivity (Wildman–Crippen MR) is 123 cm³/mol. The van der Waals surface area contributed by atoms with Gasteiger partial charge in [0.1, 0.15) is 11.5 Å². The Labute approximate surface area is 180 Å². The first-order valence-corrected chi connectivity index (χ1v) is 10.9. The molecule has 2 aromatic carbocycles. The van der Waals surface area contributed by atoms with Gasteiger partial charge in [0, 0.05) is 5.56 Å². The molecule has 0 bridgehead atoms. The molecular weight excluding hydrogens is 376 g/mol. The van der Waals surface area contributed by atoms with Crippen LogP contribution in [0.15, 0.2) is 53.6 Å². The van der Waals surface area contributed by atoms with E-state index in [1.165, 1.54) is 44.9 Å². The first-order valence-electron chi connectivity index (χ1n) is 10.9. The normalized spacial score (nSPS) is 10.9. The zero-order valence-corrected chi connectivity index (χ0v) is 18.2. The largest absolute Gasteiger partial charge is 0.497 e. The highest BCUT2D eigenvalue weighted by Crippen LogP contribution is 2.14. The highest BCUT2D eigenvalue weighted by Gasteiger charge is 2.04. The number of nitrogens with one attached hydrogen (secondary N) is 1. The third-order valence-corrected chi connectivity index (χ3v) is 4.88. The average Bonchev–Trinajstić information content (AvgIpc) is 2.79. The van der Waals surface area contributed by atoms with Crippen LogP contribution in [0.2, 0.25) is 0 Å². The van der Waals surface area contributed by atoms with E-state index in [-0.39, 0.29) is 5.91 Å². The fourth-order valence-corrected chi connectivity index (χ4v) is 3.05. The number of methoxy groups -OCH3 is 1. The first-order chi connectivity index (χ1) is 14.7. The molecular formula is C25H34N2O3. The molecule has 162 valence electrons. The van der Waals surface area contributed by atoms with Gasteiger partial charge in [-0.25, -0.2) is 5.43 Å². The lowest BCUT2D eigenvalue weighted by atomic mass is 10.1. The van der Waals surface area contributed by atoms with Crippen LogP contribution in [0, 0.1) is 0 Å². The van der Waals surface area contributed by atoms with Crippen molar-refractivity contribution < 1.29 is 14.3 Å². The lowest BCUT2D eigenvalue weighted by Gasteiger charge is -2.07. The molecule has 30 heavy (non-hydrogen) atoms. The molecule has 0 heterocycles. The van der Waals surface area contributed by atoms with Gasteiger partial charge in [-0.15, -0.1) is 0 Å². The number of amides is 1. The van der Waals surface area contributed by atoms with Crippen LogP contribution < -0.4 is 14.9 Å². The molecule has 0 saturated heterocycles. The van der Waals surface area contributed by atoms with Crippen molar-refractivity contribution in [3.63, 3.8) is 0 Å². The number of benzene rings is 2. The fraction of sp³-hybridized carbons (Fsp3) is 0.440. The van der Waals surface area contributed by atoms with Crippen LogP contribution in [-0.2, 0) is 0 Å². The van der Waals surface area contributed by atoms with Gasteiger partial charge in [-0.3, -0.25) is 4.79 Å². The van der Waals surface area contributed by atoms with Crippen LogP contribution in [-0.4, -0.2) is 25.8 Å². The third kappa shape index (κ3) is 9.12. The van der Waals surface area contributed by atoms with Crippen molar-refractivity contribution in [2.75, 3.05) is 13.7 Å². The highest BCUT2D eigenvalue weighted by molar-refractivity contribution is 5.95. The molecule has 0 saturated carbocycles. The van der Waals surface area contributed by atoms with E-state index in [4.69, 9.17) is 9.47 Å². The molecule has 5 nitrogen and oxygen atoms in total. The summed E-state index contributed by atoms with van der Waals surface area (Å²) in [5.74, 6) is 1.31. The number of carbonyl (C=O) groups excluding carboxylic acids is 1. The lowest BCUT2D eigenvalue weighted by molar-refractivity contribution is 0.0955. The van der Waals surface area contributed by atoms with E-state index in [0.29, 0.717) is 12.2 Å². The minimum Gasteiger partial charge on any atom is -0.497 e. The summed E-state index contributed by atoms with van der Waals surface area (Å²) in [6, 6.07) is 14.6. The standard InChI is InChI=1S/C25H34N2O3/c1-3-4-5-6-7-8-9-10-19-30-24-17-13-22(14-18-24)25(28)27-26-20-21-11-15-23(29-2)16-12-21/h11-18,20H,3-10,19H2,1-2H3,(H,27,28)/b26-20+. The van der Waals surface area contributed by atoms with Crippen LogP contribution in [0.25, 0.3) is 0 Å². The summed E-state index contributed by atoms with van der Waals surface area (Å²) >= 11 is 0. The molecule has 2 aromatic rings. The maximum Gasteiger partial charge on any atom is 0.271 e. The van der Waals surface area contributed by atoms with Gasteiger partial charge >= 0.3 is 0 Å². The Hall–Kier alpha value is -2.82. The zero-order chi connectivity index (χ0) is 21.4. The van der Waals surface area contributed by atoms with Gasteiger partial charge in [-0.1, -0.05) is 51.9 Å². The summed E-state index contributed by atoms with van der Waals surface area (Å²) in [4.78, 5) is 12.2. The van der Waals surface area contributed by atoms with E-state index in [0.717, 1.165) is 23.5 Å². The van der Waals surface area contributed by atoms with Crippen LogP contribution in [0.3, 0.4) is 0 Å². The average molecular weight is 411 g/mol. The van der Waals surface area contributed by atoms with Crippen molar-refractivity contribution >= 4 is 12.1 Å². The summed E-state index contributed by atoms with van der Waals surface area (Å²) < 4.78 is 10.9. The van der Waals surface area contributed by atoms with E-state index in [2.05, 4.69) is 17.5 Å². The Morgan fingerprint density at radius 1 is 0.867 bits per heavy atom. The lowest BCUT2D eigenvalue weighted by Crippen LogP contribution is -2.17. The van der Waals surface area contributed by atoms with Crippen LogP contribution in [0.1, 0.15) is 74.2 Å². The Balaban J connectivity index is 1.64. The fourth-order valence-electron chi connectivity index (χ4n) is 3.05. The molecule has 0 aliphatic carbocycles. The maximum atomic E-state index is 12.2. The summed E-state index contributed by atoms with van der Waals surface area (Å²) in [7, 11) is 1.62. The molecule has 0 fully saturated rings. The van der Waals surface area contributed by atoms with Gasteiger partial charge in [0.05, 0.1) is 19.9 Å². The molecule has 0 spiro atoms. The van der Waals surface area contributed by atoms with Gasteiger partial charge in [-0.2, -0.15) is 5.10 Å². The van der Waals surface area contributed by atoms with Crippen molar-refractivity contribution in [2.45, 2.75) is 58.3 Å². The van der Waals surface area contributed by atoms with Crippen molar-refractivity contribution in [1.29, 1.82) is 0 Å². The second-order valence-electron chi connectivity index (χ2n) is 7.32. The Bertz CT molecular complexity index is 755. The number of hydrogen-bond donors (Lipinski definition) is 1. The molecule has 0 aliphatic heterocycles. The Kier molecular flexibility index (Phi) is 11.1. The van der Waals surface area contributed by atoms with Crippen LogP contribution in [0.5, 0.6) is 11.5 Å². The minimum absolute atomic E-state index is 0.255. The molecule has 0 aromatic heterocycles. The van der Waals surface area contributed by atoms with Crippen molar-refractivity contribution in [1.82, 2.24) is 5.43 Å². The third-order valence-electron chi connectivity index (χ3n) is 4.88. The number of hydrazone groups is 1. The van der Waals surface area contributed by atoms with E-state index < -0.39 is 0 Å². The van der Waals surface area contributed by atoms with E-state index in [9.17, 15) is 4.79 Å². The van der Waals surface area contributed by atoms with Gasteiger partial charge in [0.15, 0.2) is 0 Å². The summed E-state index contributed by atoms with van der Waals surface area (Å²) in [5, 5.41) is 4.00. The summed E-state index contributed by atoms with van der Waals surface area (Å²) in [6.45, 7) is 2.96. The molecule has 1 N–H and O–H groups in total. The van der Waals surface area contributed by atoms with Gasteiger partial charge in [0.25, 0.3) is 5.91 Å². The Morgan fingerprint density at radius 3 is 2.10 bits per heavy atom. The van der Waals surface area contributed by atoms with Crippen LogP contribution in [0.4, 0.5) is 0 Å².